The van der Waals surface area contributed by atoms with Crippen LogP contribution >= 0.6 is 0 Å². The van der Waals surface area contributed by atoms with E-state index in [0.717, 1.165) is 58.8 Å². The number of carboxylic acid groups (broad SMARTS) is 1. The molecule has 39 heavy (non-hydrogen) atoms. The monoisotopic (exact) mass is 525 g/mol. The summed E-state index contributed by atoms with van der Waals surface area (Å²) in [4.78, 5) is 32.0. The van der Waals surface area contributed by atoms with E-state index in [1.165, 1.54) is 38.5 Å². The number of benzene rings is 2. The summed E-state index contributed by atoms with van der Waals surface area (Å²) >= 11 is 0. The van der Waals surface area contributed by atoms with Crippen LogP contribution in [0, 0.1) is 19.3 Å². The third-order valence-electron chi connectivity index (χ3n) is 8.64. The number of pyridine rings is 1. The molecule has 3 aromatic rings. The second-order valence-corrected chi connectivity index (χ2v) is 11.4. The standard InChI is InChI=1S/C33H39N3O3/c1-23-28(20-29(37)38)31(36-19-18-33(22-36)16-8-3-4-9-17-33)30(24(2)35-23)26-12-14-27(15-13-26)32(39)34-21-25-10-6-5-7-11-25/h5-7,10-15H,3-4,8-9,16-22H2,1-2H3,(H,34,39)(H,37,38). The van der Waals surface area contributed by atoms with Gasteiger partial charge in [0.2, 0.25) is 0 Å². The summed E-state index contributed by atoms with van der Waals surface area (Å²) in [7, 11) is 0. The Labute approximate surface area is 231 Å². The van der Waals surface area contributed by atoms with Gasteiger partial charge in [-0.25, -0.2) is 0 Å². The van der Waals surface area contributed by atoms with Gasteiger partial charge in [-0.05, 0) is 61.8 Å². The van der Waals surface area contributed by atoms with Crippen LogP contribution in [-0.2, 0) is 17.8 Å². The Kier molecular flexibility index (Phi) is 8.01. The molecule has 1 spiro atoms. The van der Waals surface area contributed by atoms with Gasteiger partial charge in [0.15, 0.2) is 0 Å². The summed E-state index contributed by atoms with van der Waals surface area (Å²) in [5.41, 5.74) is 7.41. The molecule has 0 atom stereocenters. The van der Waals surface area contributed by atoms with Crippen LogP contribution in [0.2, 0.25) is 0 Å². The van der Waals surface area contributed by atoms with Gasteiger partial charge in [-0.1, -0.05) is 68.1 Å². The predicted molar refractivity (Wildman–Crippen MR) is 155 cm³/mol. The first-order chi connectivity index (χ1) is 18.8. The summed E-state index contributed by atoms with van der Waals surface area (Å²) in [6.45, 7) is 6.31. The molecule has 0 bridgehead atoms. The average Bonchev–Trinajstić information content (AvgIpc) is 3.20. The summed E-state index contributed by atoms with van der Waals surface area (Å²) in [5, 5.41) is 12.8. The highest BCUT2D eigenvalue weighted by molar-refractivity contribution is 5.95. The molecule has 1 amide bonds. The van der Waals surface area contributed by atoms with Crippen molar-refractivity contribution in [1.82, 2.24) is 10.3 Å². The highest BCUT2D eigenvalue weighted by Crippen LogP contribution is 2.47. The van der Waals surface area contributed by atoms with Gasteiger partial charge in [0, 0.05) is 47.7 Å². The number of aryl methyl sites for hydroxylation is 2. The fourth-order valence-corrected chi connectivity index (χ4v) is 6.61. The third kappa shape index (κ3) is 6.00. The number of carboxylic acids is 1. The quantitative estimate of drug-likeness (QED) is 0.369. The maximum Gasteiger partial charge on any atom is 0.307 e. The molecular formula is C33H39N3O3. The van der Waals surface area contributed by atoms with Gasteiger partial charge >= 0.3 is 5.97 Å². The molecule has 2 aromatic carbocycles. The number of rotatable bonds is 7. The zero-order chi connectivity index (χ0) is 27.4. The van der Waals surface area contributed by atoms with Crippen molar-refractivity contribution in [1.29, 1.82) is 0 Å². The Morgan fingerprint density at radius 3 is 2.28 bits per heavy atom. The van der Waals surface area contributed by atoms with Crippen molar-refractivity contribution in [2.24, 2.45) is 5.41 Å². The highest BCUT2D eigenvalue weighted by atomic mass is 16.4. The van der Waals surface area contributed by atoms with Crippen molar-refractivity contribution in [2.75, 3.05) is 18.0 Å². The molecule has 0 unspecified atom stereocenters. The molecule has 2 N–H and O–H groups in total. The Bertz CT molecular complexity index is 1330. The number of hydrogen-bond acceptors (Lipinski definition) is 4. The van der Waals surface area contributed by atoms with Gasteiger partial charge in [0.1, 0.15) is 0 Å². The number of nitrogens with zero attached hydrogens (tertiary/aromatic N) is 2. The first kappa shape index (κ1) is 26.9. The Morgan fingerprint density at radius 1 is 0.923 bits per heavy atom. The predicted octanol–water partition coefficient (Wildman–Crippen LogP) is 6.47. The SMILES string of the molecule is Cc1nc(C)c(-c2ccc(C(=O)NCc3ccccc3)cc2)c(N2CCC3(CCCCCC3)C2)c1CC(=O)O. The van der Waals surface area contributed by atoms with E-state index in [1.807, 2.05) is 68.4 Å². The van der Waals surface area contributed by atoms with E-state index in [1.54, 1.807) is 0 Å². The molecule has 2 fully saturated rings. The van der Waals surface area contributed by atoms with Crippen LogP contribution in [0.15, 0.2) is 54.6 Å². The first-order valence-corrected chi connectivity index (χ1v) is 14.2. The van der Waals surface area contributed by atoms with Crippen molar-refractivity contribution >= 4 is 17.6 Å². The Morgan fingerprint density at radius 2 is 1.62 bits per heavy atom. The average molecular weight is 526 g/mol. The summed E-state index contributed by atoms with van der Waals surface area (Å²) in [6.07, 6.45) is 8.80. The molecule has 204 valence electrons. The largest absolute Gasteiger partial charge is 0.481 e. The molecule has 6 heteroatoms. The molecule has 2 heterocycles. The number of aliphatic carboxylic acids is 1. The lowest BCUT2D eigenvalue weighted by molar-refractivity contribution is -0.136. The number of aromatic nitrogens is 1. The molecule has 0 radical (unpaired) electrons. The minimum absolute atomic E-state index is 0.0507. The number of carbonyl (C=O) groups excluding carboxylic acids is 1. The lowest BCUT2D eigenvalue weighted by atomic mass is 9.80. The van der Waals surface area contributed by atoms with Crippen LogP contribution in [-0.4, -0.2) is 35.1 Å². The molecule has 1 saturated carbocycles. The minimum Gasteiger partial charge on any atom is -0.481 e. The van der Waals surface area contributed by atoms with Crippen molar-refractivity contribution in [3.63, 3.8) is 0 Å². The lowest BCUT2D eigenvalue weighted by Crippen LogP contribution is -2.29. The van der Waals surface area contributed by atoms with Gasteiger partial charge in [0.25, 0.3) is 5.91 Å². The van der Waals surface area contributed by atoms with Gasteiger partial charge in [-0.3, -0.25) is 14.6 Å². The maximum absolute atomic E-state index is 12.8. The zero-order valence-electron chi connectivity index (χ0n) is 23.1. The molecule has 1 saturated heterocycles. The molecule has 6 nitrogen and oxygen atoms in total. The van der Waals surface area contributed by atoms with E-state index in [-0.39, 0.29) is 12.3 Å². The molecule has 1 aliphatic heterocycles. The van der Waals surface area contributed by atoms with Gasteiger partial charge < -0.3 is 15.3 Å². The molecule has 1 aliphatic carbocycles. The topological polar surface area (TPSA) is 82.5 Å². The second-order valence-electron chi connectivity index (χ2n) is 11.4. The van der Waals surface area contributed by atoms with Crippen molar-refractivity contribution < 1.29 is 14.7 Å². The summed E-state index contributed by atoms with van der Waals surface area (Å²) in [6, 6.07) is 17.5. The van der Waals surface area contributed by atoms with E-state index >= 15 is 0 Å². The van der Waals surface area contributed by atoms with Gasteiger partial charge in [0.05, 0.1) is 12.1 Å². The number of anilines is 1. The molecule has 5 rings (SSSR count). The Hall–Kier alpha value is -3.67. The fraction of sp³-hybridized carbons (Fsp3) is 0.424. The summed E-state index contributed by atoms with van der Waals surface area (Å²) in [5.74, 6) is -0.962. The number of hydrogen-bond donors (Lipinski definition) is 2. The van der Waals surface area contributed by atoms with Gasteiger partial charge in [-0.2, -0.15) is 0 Å². The first-order valence-electron chi connectivity index (χ1n) is 14.2. The third-order valence-corrected chi connectivity index (χ3v) is 8.64. The van der Waals surface area contributed by atoms with Crippen molar-refractivity contribution in [3.05, 3.63) is 82.7 Å². The maximum atomic E-state index is 12.8. The molecule has 2 aliphatic rings. The van der Waals surface area contributed by atoms with E-state index in [9.17, 15) is 14.7 Å². The normalized spacial score (nSPS) is 16.7. The van der Waals surface area contributed by atoms with E-state index < -0.39 is 5.97 Å². The van der Waals surface area contributed by atoms with Crippen LogP contribution in [0.1, 0.15) is 77.8 Å². The van der Waals surface area contributed by atoms with Crippen molar-refractivity contribution in [2.45, 2.75) is 71.8 Å². The van der Waals surface area contributed by atoms with Crippen LogP contribution < -0.4 is 10.2 Å². The number of amides is 1. The fourth-order valence-electron chi connectivity index (χ4n) is 6.61. The molecular weight excluding hydrogens is 486 g/mol. The van der Waals surface area contributed by atoms with E-state index in [2.05, 4.69) is 10.2 Å². The van der Waals surface area contributed by atoms with Gasteiger partial charge in [-0.15, -0.1) is 0 Å². The number of nitrogens with one attached hydrogen (secondary N) is 1. The summed E-state index contributed by atoms with van der Waals surface area (Å²) < 4.78 is 0. The van der Waals surface area contributed by atoms with Crippen LogP contribution in [0.3, 0.4) is 0 Å². The molecule has 1 aromatic heterocycles. The zero-order valence-corrected chi connectivity index (χ0v) is 23.1. The van der Waals surface area contributed by atoms with Crippen molar-refractivity contribution in [3.8, 4) is 11.1 Å². The van der Waals surface area contributed by atoms with E-state index in [0.29, 0.717) is 17.5 Å². The van der Waals surface area contributed by atoms with Crippen LogP contribution in [0.5, 0.6) is 0 Å². The highest BCUT2D eigenvalue weighted by Gasteiger charge is 2.40. The lowest BCUT2D eigenvalue weighted by Gasteiger charge is -2.31. The Balaban J connectivity index is 1.47. The minimum atomic E-state index is -0.843. The smallest absolute Gasteiger partial charge is 0.307 e. The van der Waals surface area contributed by atoms with E-state index in [4.69, 9.17) is 4.98 Å². The van der Waals surface area contributed by atoms with Crippen LogP contribution in [0.25, 0.3) is 11.1 Å². The van der Waals surface area contributed by atoms with Crippen LogP contribution in [0.4, 0.5) is 5.69 Å². The number of carbonyl (C=O) groups is 2. The second kappa shape index (κ2) is 11.6.